The third kappa shape index (κ3) is 3.73. The summed E-state index contributed by atoms with van der Waals surface area (Å²) in [4.78, 5) is 15.2. The quantitative estimate of drug-likeness (QED) is 0.740. The van der Waals surface area contributed by atoms with Crippen molar-refractivity contribution in [2.45, 2.75) is 44.9 Å². The Morgan fingerprint density at radius 2 is 1.87 bits per heavy atom. The monoisotopic (exact) mass is 414 g/mol. The minimum absolute atomic E-state index is 0.0410. The predicted octanol–water partition coefficient (Wildman–Crippen LogP) is 3.85. The molecule has 4 rings (SSSR count). The van der Waals surface area contributed by atoms with E-state index in [4.69, 9.17) is 18.7 Å². The first-order valence-electron chi connectivity index (χ1n) is 10.6. The molecule has 2 aromatic rings. The van der Waals surface area contributed by atoms with Crippen molar-refractivity contribution in [2.24, 2.45) is 5.92 Å². The van der Waals surface area contributed by atoms with E-state index >= 15 is 0 Å². The van der Waals surface area contributed by atoms with Crippen molar-refractivity contribution in [3.05, 3.63) is 34.7 Å². The van der Waals surface area contributed by atoms with Crippen molar-refractivity contribution in [3.63, 3.8) is 0 Å². The molecule has 0 saturated carbocycles. The van der Waals surface area contributed by atoms with Gasteiger partial charge in [-0.05, 0) is 50.2 Å². The number of carbonyl (C=O) groups is 1. The third-order valence-electron chi connectivity index (χ3n) is 6.32. The highest BCUT2D eigenvalue weighted by Gasteiger charge is 2.33. The molecule has 1 aliphatic carbocycles. The fraction of sp³-hybridized carbons (Fsp3) is 0.565. The summed E-state index contributed by atoms with van der Waals surface area (Å²) < 4.78 is 22.0. The van der Waals surface area contributed by atoms with Gasteiger partial charge in [-0.2, -0.15) is 0 Å². The number of hydrogen-bond donors (Lipinski definition) is 0. The molecule has 0 N–H and O–H groups in total. The summed E-state index contributed by atoms with van der Waals surface area (Å²) in [5.74, 6) is 3.22. The van der Waals surface area contributed by atoms with Crippen molar-refractivity contribution in [2.75, 3.05) is 34.4 Å². The molecule has 1 fully saturated rings. The van der Waals surface area contributed by atoms with Gasteiger partial charge in [-0.15, -0.1) is 0 Å². The van der Waals surface area contributed by atoms with E-state index in [1.54, 1.807) is 33.5 Å². The second kappa shape index (κ2) is 8.58. The Morgan fingerprint density at radius 1 is 1.13 bits per heavy atom. The Kier molecular flexibility index (Phi) is 5.88. The topological polar surface area (TPSA) is 74.0 Å². The van der Waals surface area contributed by atoms with E-state index in [9.17, 15) is 4.79 Å². The minimum atomic E-state index is -0.0410. The average Bonchev–Trinajstić information content (AvgIpc) is 3.20. The molecule has 7 heteroatoms. The SMILES string of the molecule is COc1cc(C(=O)N2CCCC(c3onc4c3CC(C)CC4)C2)cc(OC)c1OC. The molecular weight excluding hydrogens is 384 g/mol. The molecule has 2 heterocycles. The van der Waals surface area contributed by atoms with Gasteiger partial charge in [-0.3, -0.25) is 4.79 Å². The van der Waals surface area contributed by atoms with E-state index in [0.717, 1.165) is 50.1 Å². The van der Waals surface area contributed by atoms with E-state index in [-0.39, 0.29) is 11.8 Å². The number of aromatic nitrogens is 1. The summed E-state index contributed by atoms with van der Waals surface area (Å²) in [6.45, 7) is 3.63. The second-order valence-corrected chi connectivity index (χ2v) is 8.32. The molecule has 1 aromatic carbocycles. The molecule has 1 aliphatic heterocycles. The van der Waals surface area contributed by atoms with Crippen LogP contribution >= 0.6 is 0 Å². The van der Waals surface area contributed by atoms with Gasteiger partial charge in [0.25, 0.3) is 5.91 Å². The first kappa shape index (κ1) is 20.6. The molecule has 2 aliphatic rings. The van der Waals surface area contributed by atoms with E-state index in [1.165, 1.54) is 5.56 Å². The molecule has 1 amide bonds. The van der Waals surface area contributed by atoms with Crippen LogP contribution in [0.15, 0.2) is 16.7 Å². The van der Waals surface area contributed by atoms with Crippen molar-refractivity contribution in [1.82, 2.24) is 10.1 Å². The molecule has 1 aromatic heterocycles. The van der Waals surface area contributed by atoms with Crippen LogP contribution in [-0.4, -0.2) is 50.4 Å². The number of aryl methyl sites for hydroxylation is 1. The van der Waals surface area contributed by atoms with Gasteiger partial charge in [0.05, 0.1) is 27.0 Å². The number of likely N-dealkylation sites (tertiary alicyclic amines) is 1. The number of amides is 1. The summed E-state index contributed by atoms with van der Waals surface area (Å²) in [6, 6.07) is 3.43. The van der Waals surface area contributed by atoms with Crippen LogP contribution < -0.4 is 14.2 Å². The highest BCUT2D eigenvalue weighted by Crippen LogP contribution is 2.39. The Hall–Kier alpha value is -2.70. The van der Waals surface area contributed by atoms with Crippen LogP contribution in [0.4, 0.5) is 0 Å². The standard InChI is InChI=1S/C23H30N2O5/c1-14-7-8-18-17(10-14)21(30-24-18)15-6-5-9-25(13-15)23(26)16-11-19(27-2)22(29-4)20(12-16)28-3/h11-12,14-15H,5-10,13H2,1-4H3. The number of fused-ring (bicyclic) bond motifs is 1. The third-order valence-corrected chi connectivity index (χ3v) is 6.32. The lowest BCUT2D eigenvalue weighted by Gasteiger charge is -2.32. The van der Waals surface area contributed by atoms with Gasteiger partial charge in [0, 0.05) is 30.1 Å². The fourth-order valence-corrected chi connectivity index (χ4v) is 4.69. The maximum atomic E-state index is 13.3. The molecule has 0 spiro atoms. The van der Waals surface area contributed by atoms with Gasteiger partial charge in [0.2, 0.25) is 5.75 Å². The van der Waals surface area contributed by atoms with Crippen molar-refractivity contribution < 1.29 is 23.5 Å². The summed E-state index contributed by atoms with van der Waals surface area (Å²) >= 11 is 0. The van der Waals surface area contributed by atoms with Gasteiger partial charge < -0.3 is 23.6 Å². The molecule has 2 atom stereocenters. The molecular formula is C23H30N2O5. The number of methoxy groups -OCH3 is 3. The summed E-state index contributed by atoms with van der Waals surface area (Å²) in [5.41, 5.74) is 2.91. The van der Waals surface area contributed by atoms with Crippen LogP contribution in [-0.2, 0) is 12.8 Å². The normalized spacial score (nSPS) is 21.1. The van der Waals surface area contributed by atoms with Crippen LogP contribution in [0.2, 0.25) is 0 Å². The van der Waals surface area contributed by atoms with E-state index in [1.807, 2.05) is 4.90 Å². The number of nitrogens with zero attached hydrogens (tertiary/aromatic N) is 2. The largest absolute Gasteiger partial charge is 0.493 e. The Balaban J connectivity index is 1.57. The number of rotatable bonds is 5. The first-order valence-corrected chi connectivity index (χ1v) is 10.6. The molecule has 7 nitrogen and oxygen atoms in total. The minimum Gasteiger partial charge on any atom is -0.493 e. The lowest BCUT2D eigenvalue weighted by atomic mass is 9.84. The zero-order valence-corrected chi connectivity index (χ0v) is 18.2. The summed E-state index contributed by atoms with van der Waals surface area (Å²) in [7, 11) is 4.66. The average molecular weight is 415 g/mol. The van der Waals surface area contributed by atoms with Crippen LogP contribution in [0.1, 0.15) is 59.5 Å². The molecule has 162 valence electrons. The van der Waals surface area contributed by atoms with Crippen molar-refractivity contribution in [1.29, 1.82) is 0 Å². The van der Waals surface area contributed by atoms with Crippen molar-refractivity contribution >= 4 is 5.91 Å². The fourth-order valence-electron chi connectivity index (χ4n) is 4.69. The van der Waals surface area contributed by atoms with Gasteiger partial charge in [0.15, 0.2) is 11.5 Å². The van der Waals surface area contributed by atoms with Crippen LogP contribution in [0.3, 0.4) is 0 Å². The summed E-state index contributed by atoms with van der Waals surface area (Å²) in [5, 5.41) is 4.33. The van der Waals surface area contributed by atoms with E-state index < -0.39 is 0 Å². The van der Waals surface area contributed by atoms with Crippen LogP contribution in [0, 0.1) is 5.92 Å². The number of ether oxygens (including phenoxy) is 3. The Labute approximate surface area is 177 Å². The number of hydrogen-bond acceptors (Lipinski definition) is 6. The molecule has 2 unspecified atom stereocenters. The molecule has 0 bridgehead atoms. The maximum absolute atomic E-state index is 13.3. The van der Waals surface area contributed by atoms with Crippen molar-refractivity contribution in [3.8, 4) is 17.2 Å². The number of benzene rings is 1. The lowest BCUT2D eigenvalue weighted by Crippen LogP contribution is -2.39. The second-order valence-electron chi connectivity index (χ2n) is 8.32. The highest BCUT2D eigenvalue weighted by atomic mass is 16.5. The molecule has 0 radical (unpaired) electrons. The highest BCUT2D eigenvalue weighted by molar-refractivity contribution is 5.95. The lowest BCUT2D eigenvalue weighted by molar-refractivity contribution is 0.0696. The Morgan fingerprint density at radius 3 is 2.53 bits per heavy atom. The number of carbonyl (C=O) groups excluding carboxylic acids is 1. The Bertz CT molecular complexity index is 897. The van der Waals surface area contributed by atoms with Crippen LogP contribution in [0.25, 0.3) is 0 Å². The van der Waals surface area contributed by atoms with Gasteiger partial charge in [-0.1, -0.05) is 12.1 Å². The van der Waals surface area contributed by atoms with Gasteiger partial charge in [-0.25, -0.2) is 0 Å². The van der Waals surface area contributed by atoms with E-state index in [2.05, 4.69) is 12.1 Å². The molecule has 1 saturated heterocycles. The first-order chi connectivity index (χ1) is 14.5. The smallest absolute Gasteiger partial charge is 0.254 e. The predicted molar refractivity (Wildman–Crippen MR) is 112 cm³/mol. The summed E-state index contributed by atoms with van der Waals surface area (Å²) in [6.07, 6.45) is 5.11. The van der Waals surface area contributed by atoms with Gasteiger partial charge in [0.1, 0.15) is 5.76 Å². The van der Waals surface area contributed by atoms with E-state index in [0.29, 0.717) is 35.3 Å². The zero-order chi connectivity index (χ0) is 21.3. The van der Waals surface area contributed by atoms with Crippen LogP contribution in [0.5, 0.6) is 17.2 Å². The molecule has 30 heavy (non-hydrogen) atoms. The van der Waals surface area contributed by atoms with Gasteiger partial charge >= 0.3 is 0 Å². The number of piperidine rings is 1. The maximum Gasteiger partial charge on any atom is 0.254 e. The zero-order valence-electron chi connectivity index (χ0n) is 18.2.